The molecule has 0 bridgehead atoms. The highest BCUT2D eigenvalue weighted by Gasteiger charge is 2.17. The summed E-state index contributed by atoms with van der Waals surface area (Å²) in [6.07, 6.45) is 0. The minimum absolute atomic E-state index is 0.104. The number of hydrogen-bond acceptors (Lipinski definition) is 4. The van der Waals surface area contributed by atoms with Crippen molar-refractivity contribution < 1.29 is 0 Å². The first-order valence-corrected chi connectivity index (χ1v) is 10.9. The molecule has 0 aliphatic carbocycles. The van der Waals surface area contributed by atoms with Gasteiger partial charge >= 0.3 is 0 Å². The normalized spacial score (nSPS) is 12.2. The van der Waals surface area contributed by atoms with E-state index in [1.54, 1.807) is 27.4 Å². The van der Waals surface area contributed by atoms with E-state index in [2.05, 4.69) is 41.3 Å². The van der Waals surface area contributed by atoms with Crippen LogP contribution in [0.4, 0.5) is 5.69 Å². The molecule has 0 saturated heterocycles. The van der Waals surface area contributed by atoms with Crippen LogP contribution >= 0.6 is 22.7 Å². The highest BCUT2D eigenvalue weighted by Crippen LogP contribution is 2.27. The quantitative estimate of drug-likeness (QED) is 0.472. The van der Waals surface area contributed by atoms with Crippen LogP contribution in [0.5, 0.6) is 0 Å². The molecule has 0 unspecified atom stereocenters. The molecule has 144 valence electrons. The summed E-state index contributed by atoms with van der Waals surface area (Å²) in [5.74, 6) is 0. The summed E-state index contributed by atoms with van der Waals surface area (Å²) in [7, 11) is 1.89. The van der Waals surface area contributed by atoms with Gasteiger partial charge in [-0.25, -0.2) is 9.67 Å². The summed E-state index contributed by atoms with van der Waals surface area (Å²) < 4.78 is 5.74. The third kappa shape index (κ3) is 3.10. The van der Waals surface area contributed by atoms with E-state index in [0.29, 0.717) is 5.69 Å². The summed E-state index contributed by atoms with van der Waals surface area (Å²) in [5, 5.41) is 4.20. The fourth-order valence-corrected chi connectivity index (χ4v) is 5.12. The van der Waals surface area contributed by atoms with Crippen LogP contribution in [-0.4, -0.2) is 13.9 Å². The Hall–Kier alpha value is -2.64. The van der Waals surface area contributed by atoms with Crippen molar-refractivity contribution in [2.75, 3.05) is 0 Å². The van der Waals surface area contributed by atoms with Gasteiger partial charge in [0.1, 0.15) is 0 Å². The van der Waals surface area contributed by atoms with Gasteiger partial charge in [-0.2, -0.15) is 0 Å². The minimum Gasteiger partial charge on any atom is -0.313 e. The lowest BCUT2D eigenvalue weighted by Crippen LogP contribution is -2.20. The molecule has 28 heavy (non-hydrogen) atoms. The van der Waals surface area contributed by atoms with Crippen LogP contribution in [0, 0.1) is 6.92 Å². The molecule has 4 aromatic rings. The third-order valence-corrected chi connectivity index (χ3v) is 6.50. The van der Waals surface area contributed by atoms with Crippen molar-refractivity contribution in [3.8, 4) is 16.3 Å². The zero-order valence-corrected chi connectivity index (χ0v) is 17.9. The summed E-state index contributed by atoms with van der Waals surface area (Å²) in [6, 6.07) is 14.1. The maximum absolute atomic E-state index is 13.2. The van der Waals surface area contributed by atoms with Crippen LogP contribution < -0.4 is 10.4 Å². The Morgan fingerprint density at radius 3 is 2.43 bits per heavy atom. The van der Waals surface area contributed by atoms with E-state index in [4.69, 9.17) is 4.99 Å². The largest absolute Gasteiger partial charge is 0.313 e. The lowest BCUT2D eigenvalue weighted by molar-refractivity contribution is 0.591. The SMILES string of the molecule is Cc1c(N=c2scc(-c3cccs3)n2C(C)C)c(=O)n(-c2ccccc2)n1C. The summed E-state index contributed by atoms with van der Waals surface area (Å²) in [5.41, 5.74) is 3.20. The predicted molar refractivity (Wildman–Crippen MR) is 117 cm³/mol. The Labute approximate surface area is 171 Å². The number of aromatic nitrogens is 3. The van der Waals surface area contributed by atoms with E-state index >= 15 is 0 Å². The third-order valence-electron chi connectivity index (χ3n) is 4.76. The molecule has 0 fully saturated rings. The summed E-state index contributed by atoms with van der Waals surface area (Å²) in [6.45, 7) is 6.22. The van der Waals surface area contributed by atoms with Crippen molar-refractivity contribution in [1.82, 2.24) is 13.9 Å². The smallest absolute Gasteiger partial charge is 0.297 e. The molecule has 5 nitrogen and oxygen atoms in total. The van der Waals surface area contributed by atoms with E-state index in [9.17, 15) is 4.79 Å². The van der Waals surface area contributed by atoms with E-state index < -0.39 is 0 Å². The molecule has 0 saturated carbocycles. The van der Waals surface area contributed by atoms with Crippen LogP contribution in [0.25, 0.3) is 16.3 Å². The molecular weight excluding hydrogens is 388 g/mol. The second kappa shape index (κ2) is 7.41. The van der Waals surface area contributed by atoms with Gasteiger partial charge < -0.3 is 4.57 Å². The molecule has 0 aliphatic rings. The van der Waals surface area contributed by atoms with Gasteiger partial charge in [0.2, 0.25) is 0 Å². The molecule has 0 aliphatic heterocycles. The van der Waals surface area contributed by atoms with Gasteiger partial charge in [0.05, 0.1) is 22.0 Å². The van der Waals surface area contributed by atoms with Crippen LogP contribution in [0.1, 0.15) is 25.6 Å². The lowest BCUT2D eigenvalue weighted by Gasteiger charge is -2.11. The number of rotatable bonds is 4. The van der Waals surface area contributed by atoms with E-state index in [-0.39, 0.29) is 11.6 Å². The van der Waals surface area contributed by atoms with Gasteiger partial charge in [-0.15, -0.1) is 22.7 Å². The van der Waals surface area contributed by atoms with E-state index in [1.165, 1.54) is 4.88 Å². The first-order chi connectivity index (χ1) is 13.5. The number of para-hydroxylation sites is 1. The van der Waals surface area contributed by atoms with Crippen molar-refractivity contribution in [1.29, 1.82) is 0 Å². The van der Waals surface area contributed by atoms with E-state index in [1.807, 2.05) is 49.0 Å². The molecule has 0 radical (unpaired) electrons. The molecule has 0 spiro atoms. The predicted octanol–water partition coefficient (Wildman–Crippen LogP) is 4.89. The van der Waals surface area contributed by atoms with Crippen LogP contribution in [0.15, 0.2) is 63.0 Å². The zero-order chi connectivity index (χ0) is 19.8. The molecule has 0 N–H and O–H groups in total. The van der Waals surface area contributed by atoms with Crippen molar-refractivity contribution >= 4 is 28.4 Å². The maximum Gasteiger partial charge on any atom is 0.297 e. The lowest BCUT2D eigenvalue weighted by atomic mass is 10.3. The van der Waals surface area contributed by atoms with Crippen molar-refractivity contribution in [3.63, 3.8) is 0 Å². The van der Waals surface area contributed by atoms with Crippen LogP contribution in [0.3, 0.4) is 0 Å². The molecule has 3 aromatic heterocycles. The minimum atomic E-state index is -0.104. The Bertz CT molecular complexity index is 1220. The van der Waals surface area contributed by atoms with Gasteiger partial charge in [-0.05, 0) is 44.4 Å². The average molecular weight is 411 g/mol. The molecular formula is C21H22N4OS2. The Kier molecular flexibility index (Phi) is 4.95. The fraction of sp³-hybridized carbons (Fsp3) is 0.238. The number of nitrogens with zero attached hydrogens (tertiary/aromatic N) is 4. The molecule has 0 atom stereocenters. The van der Waals surface area contributed by atoms with Gasteiger partial charge in [-0.1, -0.05) is 24.3 Å². The Morgan fingerprint density at radius 2 is 1.79 bits per heavy atom. The van der Waals surface area contributed by atoms with Crippen LogP contribution in [0.2, 0.25) is 0 Å². The standard InChI is InChI=1S/C21H22N4OS2/c1-14(2)24-17(18-11-8-12-27-18)13-28-21(24)22-19-15(3)23(4)25(20(19)26)16-9-6-5-7-10-16/h5-14H,1-4H3. The highest BCUT2D eigenvalue weighted by atomic mass is 32.1. The number of hydrogen-bond donors (Lipinski definition) is 0. The van der Waals surface area contributed by atoms with Crippen LogP contribution in [-0.2, 0) is 7.05 Å². The van der Waals surface area contributed by atoms with Gasteiger partial charge in [0.15, 0.2) is 10.5 Å². The summed E-state index contributed by atoms with van der Waals surface area (Å²) >= 11 is 3.28. The topological polar surface area (TPSA) is 44.2 Å². The number of thiazole rings is 1. The zero-order valence-electron chi connectivity index (χ0n) is 16.3. The van der Waals surface area contributed by atoms with Crippen molar-refractivity contribution in [3.05, 3.63) is 74.1 Å². The van der Waals surface area contributed by atoms with E-state index in [0.717, 1.165) is 21.9 Å². The Morgan fingerprint density at radius 1 is 1.04 bits per heavy atom. The monoisotopic (exact) mass is 410 g/mol. The maximum atomic E-state index is 13.2. The first kappa shape index (κ1) is 18.7. The van der Waals surface area contributed by atoms with Crippen molar-refractivity contribution in [2.45, 2.75) is 26.8 Å². The highest BCUT2D eigenvalue weighted by molar-refractivity contribution is 7.14. The second-order valence-electron chi connectivity index (χ2n) is 6.87. The molecule has 3 heterocycles. The molecule has 4 rings (SSSR count). The van der Waals surface area contributed by atoms with Gasteiger partial charge in [0, 0.05) is 18.5 Å². The van der Waals surface area contributed by atoms with Crippen molar-refractivity contribution in [2.24, 2.45) is 12.0 Å². The van der Waals surface area contributed by atoms with Gasteiger partial charge in [-0.3, -0.25) is 9.48 Å². The molecule has 7 heteroatoms. The Balaban J connectivity index is 1.93. The van der Waals surface area contributed by atoms with Gasteiger partial charge in [0.25, 0.3) is 5.56 Å². The number of thiophene rings is 1. The fourth-order valence-electron chi connectivity index (χ4n) is 3.28. The number of benzene rings is 1. The average Bonchev–Trinajstić information content (AvgIpc) is 3.39. The summed E-state index contributed by atoms with van der Waals surface area (Å²) in [4.78, 5) is 20.1. The second-order valence-corrected chi connectivity index (χ2v) is 8.65. The molecule has 0 amide bonds. The first-order valence-electron chi connectivity index (χ1n) is 9.11. The molecule has 1 aromatic carbocycles.